The fourth-order valence-corrected chi connectivity index (χ4v) is 2.27. The molecule has 0 saturated carbocycles. The average molecular weight is 355 g/mol. The van der Waals surface area contributed by atoms with Crippen molar-refractivity contribution >= 4 is 21.7 Å². The molecule has 3 rings (SSSR count). The topological polar surface area (TPSA) is 92.3 Å². The van der Waals surface area contributed by atoms with Crippen LogP contribution in [0.1, 0.15) is 6.92 Å². The van der Waals surface area contributed by atoms with Gasteiger partial charge in [-0.3, -0.25) is 4.57 Å². The van der Waals surface area contributed by atoms with Gasteiger partial charge in [0.1, 0.15) is 23.2 Å². The van der Waals surface area contributed by atoms with Gasteiger partial charge in [0.25, 0.3) is 0 Å². The van der Waals surface area contributed by atoms with E-state index in [1.54, 1.807) is 22.9 Å². The van der Waals surface area contributed by atoms with Crippen molar-refractivity contribution in [2.24, 2.45) is 0 Å². The van der Waals surface area contributed by atoms with E-state index < -0.39 is 10.5 Å². The highest BCUT2D eigenvalue weighted by Crippen LogP contribution is 2.31. The van der Waals surface area contributed by atoms with Gasteiger partial charge in [-0.15, -0.1) is 0 Å². The molecule has 9 heteroatoms. The van der Waals surface area contributed by atoms with E-state index in [1.807, 2.05) is 6.92 Å². The van der Waals surface area contributed by atoms with Crippen LogP contribution in [-0.2, 0) is 6.54 Å². The van der Waals surface area contributed by atoms with Crippen LogP contribution in [0.4, 0.5) is 5.82 Å². The monoisotopic (exact) mass is 354 g/mol. The van der Waals surface area contributed by atoms with Gasteiger partial charge in [0.05, 0.1) is 12.7 Å². The fourth-order valence-electron chi connectivity index (χ4n) is 2.04. The number of rotatable bonds is 4. The minimum absolute atomic E-state index is 0.218. The summed E-state index contributed by atoms with van der Waals surface area (Å²) in [5.74, 6) is 0.406. The van der Waals surface area contributed by atoms with E-state index in [2.05, 4.69) is 25.9 Å². The Morgan fingerprint density at radius 2 is 2.43 bits per heavy atom. The van der Waals surface area contributed by atoms with Gasteiger partial charge in [-0.2, -0.15) is 0 Å². The zero-order valence-corrected chi connectivity index (χ0v) is 12.6. The highest BCUT2D eigenvalue weighted by Gasteiger charge is 2.41. The van der Waals surface area contributed by atoms with Crippen LogP contribution in [0.5, 0.6) is 11.8 Å². The van der Waals surface area contributed by atoms with Crippen molar-refractivity contribution in [3.8, 4) is 11.8 Å². The molecule has 0 bridgehead atoms. The number of hydrogen-bond donors (Lipinski definition) is 0. The minimum atomic E-state index is -0.621. The maximum Gasteiger partial charge on any atom is 0.415 e. The van der Waals surface area contributed by atoms with Crippen LogP contribution in [0.2, 0.25) is 0 Å². The lowest BCUT2D eigenvalue weighted by Crippen LogP contribution is -2.38. The van der Waals surface area contributed by atoms with Crippen LogP contribution >= 0.6 is 15.9 Å². The zero-order chi connectivity index (χ0) is 15.0. The molecule has 2 aromatic rings. The van der Waals surface area contributed by atoms with E-state index in [0.717, 1.165) is 4.60 Å². The van der Waals surface area contributed by atoms with Gasteiger partial charge >= 0.3 is 11.8 Å². The van der Waals surface area contributed by atoms with E-state index in [4.69, 9.17) is 9.47 Å². The molecule has 3 heterocycles. The van der Waals surface area contributed by atoms with Crippen LogP contribution in [0.3, 0.4) is 0 Å². The molecule has 0 spiro atoms. The first-order valence-electron chi connectivity index (χ1n) is 6.10. The molecular formula is C12H11BrN4O4. The van der Waals surface area contributed by atoms with Crippen LogP contribution < -0.4 is 9.47 Å². The van der Waals surface area contributed by atoms with Crippen molar-refractivity contribution in [1.29, 1.82) is 0 Å². The number of imidazole rings is 1. The van der Waals surface area contributed by atoms with Gasteiger partial charge in [-0.25, -0.2) is 4.98 Å². The third kappa shape index (κ3) is 2.82. The van der Waals surface area contributed by atoms with E-state index >= 15 is 0 Å². The number of nitro groups is 1. The summed E-state index contributed by atoms with van der Waals surface area (Å²) >= 11 is 3.25. The van der Waals surface area contributed by atoms with Crippen molar-refractivity contribution in [3.63, 3.8) is 0 Å². The number of aromatic nitrogens is 3. The Hall–Kier alpha value is -2.16. The Bertz CT molecular complexity index is 662. The number of hydrogen-bond acceptors (Lipinski definition) is 6. The van der Waals surface area contributed by atoms with Crippen LogP contribution in [-0.4, -0.2) is 31.7 Å². The molecule has 0 aliphatic carbocycles. The molecule has 0 fully saturated rings. The van der Waals surface area contributed by atoms with Gasteiger partial charge in [0, 0.05) is 4.98 Å². The lowest BCUT2D eigenvalue weighted by atomic mass is 10.1. The molecule has 1 aliphatic heterocycles. The second-order valence-electron chi connectivity index (χ2n) is 4.92. The highest BCUT2D eigenvalue weighted by molar-refractivity contribution is 9.10. The largest absolute Gasteiger partial charge is 0.488 e. The van der Waals surface area contributed by atoms with Crippen molar-refractivity contribution in [2.45, 2.75) is 19.1 Å². The summed E-state index contributed by atoms with van der Waals surface area (Å²) in [6.45, 7) is 2.58. The molecule has 1 aliphatic rings. The van der Waals surface area contributed by atoms with E-state index in [1.165, 1.54) is 6.20 Å². The summed E-state index contributed by atoms with van der Waals surface area (Å²) in [5.41, 5.74) is -0.621. The Labute approximate surface area is 128 Å². The SMILES string of the molecule is CC1(COc2ccc(Br)nc2)Cn2cc([N+](=O)[O-])nc2O1. The fraction of sp³-hybridized carbons (Fsp3) is 0.333. The maximum atomic E-state index is 10.6. The Morgan fingerprint density at radius 1 is 1.62 bits per heavy atom. The smallest absolute Gasteiger partial charge is 0.415 e. The van der Waals surface area contributed by atoms with Gasteiger partial charge in [0.2, 0.25) is 0 Å². The van der Waals surface area contributed by atoms with E-state index in [-0.39, 0.29) is 18.4 Å². The van der Waals surface area contributed by atoms with Crippen molar-refractivity contribution in [1.82, 2.24) is 14.5 Å². The second-order valence-corrected chi connectivity index (χ2v) is 5.74. The molecule has 0 aromatic carbocycles. The molecule has 0 N–H and O–H groups in total. The molecule has 0 saturated heterocycles. The molecule has 2 aromatic heterocycles. The summed E-state index contributed by atoms with van der Waals surface area (Å²) in [6, 6.07) is 3.81. The summed E-state index contributed by atoms with van der Waals surface area (Å²) in [6.07, 6.45) is 2.97. The van der Waals surface area contributed by atoms with E-state index in [9.17, 15) is 10.1 Å². The molecule has 0 amide bonds. The first kappa shape index (κ1) is 13.8. The third-order valence-electron chi connectivity index (χ3n) is 3.00. The lowest BCUT2D eigenvalue weighted by molar-refractivity contribution is -0.389. The number of pyridine rings is 1. The van der Waals surface area contributed by atoms with Gasteiger partial charge in [0.15, 0.2) is 5.60 Å². The number of halogens is 1. The Morgan fingerprint density at radius 3 is 3.05 bits per heavy atom. The molecular weight excluding hydrogens is 344 g/mol. The van der Waals surface area contributed by atoms with Crippen LogP contribution in [0, 0.1) is 10.1 Å². The predicted molar refractivity (Wildman–Crippen MR) is 75.3 cm³/mol. The first-order chi connectivity index (χ1) is 9.95. The van der Waals surface area contributed by atoms with Gasteiger partial charge < -0.3 is 19.6 Å². The third-order valence-corrected chi connectivity index (χ3v) is 3.47. The van der Waals surface area contributed by atoms with Crippen LogP contribution in [0.15, 0.2) is 29.1 Å². The van der Waals surface area contributed by atoms with Crippen molar-refractivity contribution in [2.75, 3.05) is 6.61 Å². The highest BCUT2D eigenvalue weighted by atomic mass is 79.9. The van der Waals surface area contributed by atoms with Crippen LogP contribution in [0.25, 0.3) is 0 Å². The predicted octanol–water partition coefficient (Wildman–Crippen LogP) is 2.18. The van der Waals surface area contributed by atoms with Crippen molar-refractivity contribution in [3.05, 3.63) is 39.2 Å². The second kappa shape index (κ2) is 4.99. The maximum absolute atomic E-state index is 10.6. The normalized spacial score (nSPS) is 19.9. The number of nitrogens with zero attached hydrogens (tertiary/aromatic N) is 4. The molecule has 0 radical (unpaired) electrons. The standard InChI is InChI=1S/C12H11BrN4O4/c1-12(7-20-8-2-3-9(13)14-4-8)6-16-5-10(17(18)19)15-11(16)21-12/h2-5H,6-7H2,1H3. The molecule has 1 unspecified atom stereocenters. The minimum Gasteiger partial charge on any atom is -0.488 e. The summed E-state index contributed by atoms with van der Waals surface area (Å²) in [7, 11) is 0. The summed E-state index contributed by atoms with van der Waals surface area (Å²) in [5, 5.41) is 10.6. The Balaban J connectivity index is 1.65. The zero-order valence-electron chi connectivity index (χ0n) is 11.0. The van der Waals surface area contributed by atoms with Crippen molar-refractivity contribution < 1.29 is 14.4 Å². The molecule has 110 valence electrons. The lowest BCUT2D eigenvalue weighted by Gasteiger charge is -2.21. The quantitative estimate of drug-likeness (QED) is 0.474. The summed E-state index contributed by atoms with van der Waals surface area (Å²) in [4.78, 5) is 18.0. The van der Waals surface area contributed by atoms with Gasteiger partial charge in [-0.1, -0.05) is 0 Å². The Kier molecular flexibility index (Phi) is 3.28. The van der Waals surface area contributed by atoms with E-state index in [0.29, 0.717) is 12.3 Å². The molecule has 8 nitrogen and oxygen atoms in total. The van der Waals surface area contributed by atoms with Gasteiger partial charge in [-0.05, 0) is 39.9 Å². The number of ether oxygens (including phenoxy) is 2. The molecule has 1 atom stereocenters. The number of fused-ring (bicyclic) bond motifs is 1. The average Bonchev–Trinajstić information content (AvgIpc) is 2.93. The first-order valence-corrected chi connectivity index (χ1v) is 6.89. The summed E-state index contributed by atoms with van der Waals surface area (Å²) < 4.78 is 13.6. The molecule has 21 heavy (non-hydrogen) atoms.